The van der Waals surface area contributed by atoms with Crippen LogP contribution in [-0.4, -0.2) is 21.2 Å². The molecule has 7 nitrogen and oxygen atoms in total. The van der Waals surface area contributed by atoms with E-state index in [9.17, 15) is 15.2 Å². The summed E-state index contributed by atoms with van der Waals surface area (Å²) in [6.07, 6.45) is 1.77. The van der Waals surface area contributed by atoms with Gasteiger partial charge in [0.2, 0.25) is 11.6 Å². The van der Waals surface area contributed by atoms with Crippen molar-refractivity contribution in [3.8, 4) is 17.2 Å². The molecule has 184 valence electrons. The van der Waals surface area contributed by atoms with Crippen LogP contribution >= 0.6 is 23.2 Å². The van der Waals surface area contributed by atoms with Gasteiger partial charge in [0, 0.05) is 33.5 Å². The molecule has 1 aromatic heterocycles. The lowest BCUT2D eigenvalue weighted by molar-refractivity contribution is -0.385. The van der Waals surface area contributed by atoms with E-state index >= 15 is 0 Å². The molecule has 0 unspecified atom stereocenters. The highest BCUT2D eigenvalue weighted by Crippen LogP contribution is 2.35. The Hall–Kier alpha value is -4.20. The molecule has 9 heteroatoms. The Labute approximate surface area is 221 Å². The number of nitrogens with zero attached hydrogens (tertiary/aromatic N) is 3. The van der Waals surface area contributed by atoms with Crippen LogP contribution in [0, 0.1) is 17.0 Å². The van der Waals surface area contributed by atoms with Crippen molar-refractivity contribution < 1.29 is 14.4 Å². The van der Waals surface area contributed by atoms with Gasteiger partial charge in [-0.1, -0.05) is 47.5 Å². The van der Waals surface area contributed by atoms with Gasteiger partial charge in [0.15, 0.2) is 5.58 Å². The summed E-state index contributed by atoms with van der Waals surface area (Å²) in [6.45, 7) is 1.87. The molecule has 0 bridgehead atoms. The molecule has 0 spiro atoms. The van der Waals surface area contributed by atoms with E-state index in [4.69, 9.17) is 27.6 Å². The van der Waals surface area contributed by atoms with E-state index in [1.807, 2.05) is 37.3 Å². The number of hydrogen-bond donors (Lipinski definition) is 1. The smallest absolute Gasteiger partial charge is 0.311 e. The van der Waals surface area contributed by atoms with Crippen LogP contribution in [0.15, 0.2) is 82.2 Å². The molecule has 0 saturated heterocycles. The summed E-state index contributed by atoms with van der Waals surface area (Å²) in [4.78, 5) is 20.1. The van der Waals surface area contributed by atoms with Gasteiger partial charge in [-0.15, -0.1) is 0 Å². The largest absolute Gasteiger partial charge is 0.502 e. The number of aliphatic imine (C=N–C) groups is 1. The van der Waals surface area contributed by atoms with Crippen LogP contribution in [0.4, 0.5) is 11.4 Å². The van der Waals surface area contributed by atoms with Crippen molar-refractivity contribution in [1.29, 1.82) is 0 Å². The van der Waals surface area contributed by atoms with Crippen LogP contribution in [0.5, 0.6) is 5.75 Å². The Balaban J connectivity index is 1.52. The van der Waals surface area contributed by atoms with Crippen molar-refractivity contribution >= 4 is 51.9 Å². The Morgan fingerprint density at radius 1 is 1.08 bits per heavy atom. The fourth-order valence-corrected chi connectivity index (χ4v) is 4.42. The molecule has 0 aliphatic heterocycles. The second-order valence-corrected chi connectivity index (χ2v) is 9.26. The molecule has 0 atom stereocenters. The number of phenolic OH excluding ortho intramolecular Hbond substituents is 1. The van der Waals surface area contributed by atoms with Crippen molar-refractivity contribution in [2.45, 2.75) is 13.3 Å². The van der Waals surface area contributed by atoms with E-state index in [-0.39, 0.29) is 5.56 Å². The predicted octanol–water partition coefficient (Wildman–Crippen LogP) is 8.07. The molecule has 5 aromatic rings. The number of benzene rings is 4. The Kier molecular flexibility index (Phi) is 6.65. The fraction of sp³-hybridized carbons (Fsp3) is 0.0714. The second kappa shape index (κ2) is 10.0. The van der Waals surface area contributed by atoms with Crippen LogP contribution in [0.3, 0.4) is 0 Å². The first-order valence-electron chi connectivity index (χ1n) is 11.2. The molecule has 0 fully saturated rings. The third kappa shape index (κ3) is 5.05. The summed E-state index contributed by atoms with van der Waals surface area (Å²) in [7, 11) is 0. The number of nitro benzene ring substituents is 1. The van der Waals surface area contributed by atoms with E-state index in [1.54, 1.807) is 36.4 Å². The summed E-state index contributed by atoms with van der Waals surface area (Å²) >= 11 is 12.3. The minimum Gasteiger partial charge on any atom is -0.502 e. The number of nitro groups is 1. The monoisotopic (exact) mass is 531 g/mol. The van der Waals surface area contributed by atoms with Gasteiger partial charge in [0.25, 0.3) is 0 Å². The summed E-state index contributed by atoms with van der Waals surface area (Å²) in [5, 5.41) is 23.3. The lowest BCUT2D eigenvalue weighted by atomic mass is 10.0. The van der Waals surface area contributed by atoms with Crippen LogP contribution < -0.4 is 0 Å². The molecule has 4 aromatic carbocycles. The predicted molar refractivity (Wildman–Crippen MR) is 145 cm³/mol. The molecule has 1 N–H and O–H groups in total. The lowest BCUT2D eigenvalue weighted by Gasteiger charge is -2.08. The normalized spacial score (nSPS) is 11.4. The zero-order valence-electron chi connectivity index (χ0n) is 19.5. The Morgan fingerprint density at radius 3 is 2.68 bits per heavy atom. The summed E-state index contributed by atoms with van der Waals surface area (Å²) in [5.74, 6) is -0.0339. The minimum absolute atomic E-state index is 0.220. The molecular formula is C28H19Cl2N3O4. The number of hydrogen-bond acceptors (Lipinski definition) is 6. The van der Waals surface area contributed by atoms with Gasteiger partial charge < -0.3 is 9.52 Å². The lowest BCUT2D eigenvalue weighted by Crippen LogP contribution is -1.97. The quantitative estimate of drug-likeness (QED) is 0.135. The maximum absolute atomic E-state index is 11.6. The molecule has 5 rings (SSSR count). The SMILES string of the molecule is Cc1c(N=Cc2cc(Cc3ccccc3Cl)cc([N+](=O)[O-])c2O)cccc1-c1nc2cc(Cl)ccc2o1. The highest BCUT2D eigenvalue weighted by Gasteiger charge is 2.19. The molecule has 37 heavy (non-hydrogen) atoms. The number of rotatable bonds is 6. The number of aromatic hydroxyl groups is 1. The van der Waals surface area contributed by atoms with E-state index in [0.717, 1.165) is 16.7 Å². The van der Waals surface area contributed by atoms with Crippen molar-refractivity contribution in [2.24, 2.45) is 4.99 Å². The van der Waals surface area contributed by atoms with Gasteiger partial charge in [-0.25, -0.2) is 4.98 Å². The summed E-state index contributed by atoms with van der Waals surface area (Å²) < 4.78 is 5.90. The maximum Gasteiger partial charge on any atom is 0.311 e. The van der Waals surface area contributed by atoms with Gasteiger partial charge >= 0.3 is 5.69 Å². The Morgan fingerprint density at radius 2 is 1.89 bits per heavy atom. The highest BCUT2D eigenvalue weighted by atomic mass is 35.5. The molecule has 0 radical (unpaired) electrons. The average molecular weight is 532 g/mol. The first-order chi connectivity index (χ1) is 17.8. The fourth-order valence-electron chi connectivity index (χ4n) is 4.05. The van der Waals surface area contributed by atoms with Crippen LogP contribution in [0.25, 0.3) is 22.6 Å². The van der Waals surface area contributed by atoms with E-state index in [2.05, 4.69) is 9.98 Å². The van der Waals surface area contributed by atoms with Crippen molar-refractivity contribution in [3.05, 3.63) is 115 Å². The van der Waals surface area contributed by atoms with Gasteiger partial charge in [0.1, 0.15) is 5.52 Å². The van der Waals surface area contributed by atoms with Crippen LogP contribution in [-0.2, 0) is 6.42 Å². The third-order valence-electron chi connectivity index (χ3n) is 5.96. The summed E-state index contributed by atoms with van der Waals surface area (Å²) in [6, 6.07) is 21.0. The van der Waals surface area contributed by atoms with Gasteiger partial charge in [0.05, 0.1) is 10.6 Å². The third-order valence-corrected chi connectivity index (χ3v) is 6.56. The number of halogens is 2. The molecule has 0 aliphatic rings. The molecule has 0 aliphatic carbocycles. The van der Waals surface area contributed by atoms with Gasteiger partial charge in [-0.3, -0.25) is 15.1 Å². The topological polar surface area (TPSA) is 102 Å². The van der Waals surface area contributed by atoms with Crippen molar-refractivity contribution in [3.63, 3.8) is 0 Å². The number of oxazole rings is 1. The highest BCUT2D eigenvalue weighted by molar-refractivity contribution is 6.31. The van der Waals surface area contributed by atoms with E-state index in [1.165, 1.54) is 12.3 Å². The maximum atomic E-state index is 11.6. The van der Waals surface area contributed by atoms with Gasteiger partial charge in [-0.05, 0) is 72.5 Å². The van der Waals surface area contributed by atoms with E-state index < -0.39 is 16.4 Å². The van der Waals surface area contributed by atoms with Crippen LogP contribution in [0.1, 0.15) is 22.3 Å². The standard InChI is InChI=1S/C28H19Cl2N3O4/c1-16-21(28-32-24-14-20(29)9-10-26(24)37-28)6-4-8-23(16)31-15-19-12-17(13-25(27(19)34)33(35)36)11-18-5-2-3-7-22(18)30/h2-10,12-15,34H,11H2,1H3. The molecule has 0 saturated carbocycles. The molecule has 1 heterocycles. The van der Waals surface area contributed by atoms with Crippen molar-refractivity contribution in [1.82, 2.24) is 4.98 Å². The zero-order chi connectivity index (χ0) is 26.1. The molecular weight excluding hydrogens is 513 g/mol. The van der Waals surface area contributed by atoms with Gasteiger partial charge in [-0.2, -0.15) is 0 Å². The number of aromatic nitrogens is 1. The first-order valence-corrected chi connectivity index (χ1v) is 12.0. The average Bonchev–Trinajstić information content (AvgIpc) is 3.29. The van der Waals surface area contributed by atoms with E-state index in [0.29, 0.717) is 44.7 Å². The Bertz CT molecular complexity index is 1690. The number of phenols is 1. The van der Waals surface area contributed by atoms with Crippen LogP contribution in [0.2, 0.25) is 10.0 Å². The second-order valence-electron chi connectivity index (χ2n) is 8.42. The molecule has 0 amide bonds. The van der Waals surface area contributed by atoms with Crippen molar-refractivity contribution in [2.75, 3.05) is 0 Å². The minimum atomic E-state index is -0.617. The zero-order valence-corrected chi connectivity index (χ0v) is 21.0. The number of fused-ring (bicyclic) bond motifs is 1. The first kappa shape index (κ1) is 24.5. The summed E-state index contributed by atoms with van der Waals surface area (Å²) in [5.41, 5.74) is 4.63.